The van der Waals surface area contributed by atoms with Gasteiger partial charge in [-0.3, -0.25) is 0 Å². The number of hydrogen-bond donors (Lipinski definition) is 1. The van der Waals surface area contributed by atoms with E-state index in [1.54, 1.807) is 0 Å². The fraction of sp³-hybridized carbons (Fsp3) is 0.500. The summed E-state index contributed by atoms with van der Waals surface area (Å²) in [4.78, 5) is 4.32. The number of nitrogens with zero attached hydrogens (tertiary/aromatic N) is 2. The van der Waals surface area contributed by atoms with E-state index in [-0.39, 0.29) is 17.4 Å². The number of rotatable bonds is 5. The van der Waals surface area contributed by atoms with E-state index in [2.05, 4.69) is 30.9 Å². The van der Waals surface area contributed by atoms with Gasteiger partial charge in [-0.1, -0.05) is 56.3 Å². The molecule has 1 aromatic heterocycles. The lowest BCUT2D eigenvalue weighted by Crippen LogP contribution is -2.22. The zero-order valence-electron chi connectivity index (χ0n) is 12.9. The summed E-state index contributed by atoms with van der Waals surface area (Å²) in [6, 6.07) is 9.23. The Morgan fingerprint density at radius 2 is 1.90 bits per heavy atom. The molecule has 1 aromatic carbocycles. The number of benzene rings is 1. The number of aliphatic hydroxyl groups excluding tert-OH is 1. The zero-order chi connectivity index (χ0) is 15.5. The van der Waals surface area contributed by atoms with Gasteiger partial charge in [0.1, 0.15) is 6.10 Å². The maximum atomic E-state index is 10.3. The van der Waals surface area contributed by atoms with E-state index in [1.165, 1.54) is 0 Å². The first-order valence-electron chi connectivity index (χ1n) is 7.11. The molecule has 2 atom stereocenters. The molecule has 5 nitrogen and oxygen atoms in total. The quantitative estimate of drug-likeness (QED) is 0.915. The smallest absolute Gasteiger partial charge is 0.260 e. The summed E-state index contributed by atoms with van der Waals surface area (Å²) >= 11 is 0. The summed E-state index contributed by atoms with van der Waals surface area (Å²) in [6.45, 7) is 8.65. The molecule has 114 valence electrons. The second kappa shape index (κ2) is 6.37. The van der Waals surface area contributed by atoms with Gasteiger partial charge in [0.15, 0.2) is 6.10 Å². The summed E-state index contributed by atoms with van der Waals surface area (Å²) in [6.07, 6.45) is -1.20. The second-order valence-electron chi connectivity index (χ2n) is 6.01. The Labute approximate surface area is 125 Å². The first-order chi connectivity index (χ1) is 9.93. The van der Waals surface area contributed by atoms with Gasteiger partial charge in [0.25, 0.3) is 5.89 Å². The van der Waals surface area contributed by atoms with Crippen LogP contribution in [0.1, 0.15) is 57.2 Å². The second-order valence-corrected chi connectivity index (χ2v) is 6.01. The standard InChI is InChI=1S/C16H22N2O3/c1-5-20-13(16(2,3)4)14-17-15(21-18-14)12(19)11-9-7-6-8-10-11/h6-10,12-13,19H,5H2,1-4H3. The van der Waals surface area contributed by atoms with Gasteiger partial charge in [-0.15, -0.1) is 0 Å². The maximum Gasteiger partial charge on any atom is 0.260 e. The van der Waals surface area contributed by atoms with Gasteiger partial charge in [-0.2, -0.15) is 4.98 Å². The first-order valence-corrected chi connectivity index (χ1v) is 7.11. The molecule has 0 aliphatic rings. The highest BCUT2D eigenvalue weighted by molar-refractivity contribution is 5.21. The molecule has 0 radical (unpaired) electrons. The SMILES string of the molecule is CCOC(c1noc(C(O)c2ccccc2)n1)C(C)(C)C. The van der Waals surface area contributed by atoms with E-state index in [1.807, 2.05) is 37.3 Å². The van der Waals surface area contributed by atoms with Crippen LogP contribution in [0.5, 0.6) is 0 Å². The van der Waals surface area contributed by atoms with E-state index < -0.39 is 6.10 Å². The van der Waals surface area contributed by atoms with Crippen LogP contribution in [0.3, 0.4) is 0 Å². The lowest BCUT2D eigenvalue weighted by molar-refractivity contribution is -0.0203. The molecule has 0 spiro atoms. The van der Waals surface area contributed by atoms with Gasteiger partial charge in [0, 0.05) is 6.61 Å². The minimum atomic E-state index is -0.922. The topological polar surface area (TPSA) is 68.4 Å². The fourth-order valence-electron chi connectivity index (χ4n) is 2.12. The predicted molar refractivity (Wildman–Crippen MR) is 78.6 cm³/mol. The van der Waals surface area contributed by atoms with Crippen LogP contribution in [0.4, 0.5) is 0 Å². The minimum absolute atomic E-state index is 0.158. The molecule has 5 heteroatoms. The van der Waals surface area contributed by atoms with E-state index in [4.69, 9.17) is 9.26 Å². The van der Waals surface area contributed by atoms with E-state index in [0.29, 0.717) is 12.4 Å². The lowest BCUT2D eigenvalue weighted by Gasteiger charge is -2.27. The number of hydrogen-bond acceptors (Lipinski definition) is 5. The molecule has 2 unspecified atom stereocenters. The number of aliphatic hydroxyl groups is 1. The molecule has 2 aromatic rings. The van der Waals surface area contributed by atoms with E-state index in [0.717, 1.165) is 5.56 Å². The Bertz CT molecular complexity index is 560. The van der Waals surface area contributed by atoms with Crippen LogP contribution in [0.2, 0.25) is 0 Å². The van der Waals surface area contributed by atoms with Crippen LogP contribution >= 0.6 is 0 Å². The van der Waals surface area contributed by atoms with Crippen molar-refractivity contribution in [1.29, 1.82) is 0 Å². The van der Waals surface area contributed by atoms with Crippen molar-refractivity contribution in [1.82, 2.24) is 10.1 Å². The number of aromatic nitrogens is 2. The highest BCUT2D eigenvalue weighted by Crippen LogP contribution is 2.35. The van der Waals surface area contributed by atoms with Crippen LogP contribution in [-0.2, 0) is 4.74 Å². The van der Waals surface area contributed by atoms with E-state index in [9.17, 15) is 5.11 Å². The first kappa shape index (κ1) is 15.7. The molecule has 21 heavy (non-hydrogen) atoms. The monoisotopic (exact) mass is 290 g/mol. The highest BCUT2D eigenvalue weighted by atomic mass is 16.5. The van der Waals surface area contributed by atoms with Crippen molar-refractivity contribution in [2.24, 2.45) is 5.41 Å². The van der Waals surface area contributed by atoms with Gasteiger partial charge < -0.3 is 14.4 Å². The molecule has 0 saturated carbocycles. The summed E-state index contributed by atoms with van der Waals surface area (Å²) in [5, 5.41) is 14.3. The molecule has 0 amide bonds. The summed E-state index contributed by atoms with van der Waals surface area (Å²) in [7, 11) is 0. The third kappa shape index (κ3) is 3.68. The highest BCUT2D eigenvalue weighted by Gasteiger charge is 2.32. The van der Waals surface area contributed by atoms with Crippen LogP contribution in [-0.4, -0.2) is 21.9 Å². The average molecular weight is 290 g/mol. The van der Waals surface area contributed by atoms with Crippen molar-refractivity contribution in [2.45, 2.75) is 39.9 Å². The van der Waals surface area contributed by atoms with Crippen molar-refractivity contribution in [2.75, 3.05) is 6.61 Å². The Kier molecular flexibility index (Phi) is 4.75. The molecule has 2 rings (SSSR count). The van der Waals surface area contributed by atoms with Crippen LogP contribution < -0.4 is 0 Å². The third-order valence-electron chi connectivity index (χ3n) is 3.16. The average Bonchev–Trinajstić information content (AvgIpc) is 2.93. The van der Waals surface area contributed by atoms with Crippen LogP contribution in [0.25, 0.3) is 0 Å². The molecule has 1 N–H and O–H groups in total. The van der Waals surface area contributed by atoms with Gasteiger partial charge >= 0.3 is 0 Å². The Balaban J connectivity index is 2.24. The normalized spacial score (nSPS) is 14.9. The van der Waals surface area contributed by atoms with Gasteiger partial charge in [-0.05, 0) is 17.9 Å². The summed E-state index contributed by atoms with van der Waals surface area (Å²) in [5.74, 6) is 0.652. The maximum absolute atomic E-state index is 10.3. The Morgan fingerprint density at radius 1 is 1.24 bits per heavy atom. The van der Waals surface area contributed by atoms with Crippen molar-refractivity contribution >= 4 is 0 Å². The third-order valence-corrected chi connectivity index (χ3v) is 3.16. The van der Waals surface area contributed by atoms with Crippen LogP contribution in [0, 0.1) is 5.41 Å². The molecule has 1 heterocycles. The molecule has 0 aliphatic carbocycles. The van der Waals surface area contributed by atoms with Crippen molar-refractivity contribution in [3.8, 4) is 0 Å². The molecule has 0 fully saturated rings. The summed E-state index contributed by atoms with van der Waals surface area (Å²) in [5.41, 5.74) is 0.561. The molecule has 0 saturated heterocycles. The fourth-order valence-corrected chi connectivity index (χ4v) is 2.12. The van der Waals surface area contributed by atoms with Crippen LogP contribution in [0.15, 0.2) is 34.9 Å². The number of ether oxygens (including phenoxy) is 1. The molecular weight excluding hydrogens is 268 g/mol. The lowest BCUT2D eigenvalue weighted by atomic mass is 9.88. The molecule has 0 aliphatic heterocycles. The Morgan fingerprint density at radius 3 is 2.48 bits per heavy atom. The molecule has 0 bridgehead atoms. The Hall–Kier alpha value is -1.72. The van der Waals surface area contributed by atoms with Crippen molar-refractivity contribution < 1.29 is 14.4 Å². The summed E-state index contributed by atoms with van der Waals surface area (Å²) < 4.78 is 10.9. The molecular formula is C16H22N2O3. The van der Waals surface area contributed by atoms with E-state index >= 15 is 0 Å². The minimum Gasteiger partial charge on any atom is -0.378 e. The van der Waals surface area contributed by atoms with Gasteiger partial charge in [-0.25, -0.2) is 0 Å². The predicted octanol–water partition coefficient (Wildman–Crippen LogP) is 3.28. The van der Waals surface area contributed by atoms with Gasteiger partial charge in [0.05, 0.1) is 0 Å². The van der Waals surface area contributed by atoms with Gasteiger partial charge in [0.2, 0.25) is 5.82 Å². The van der Waals surface area contributed by atoms with Crippen molar-refractivity contribution in [3.63, 3.8) is 0 Å². The zero-order valence-corrected chi connectivity index (χ0v) is 12.9. The largest absolute Gasteiger partial charge is 0.378 e. The van der Waals surface area contributed by atoms with Crippen molar-refractivity contribution in [3.05, 3.63) is 47.6 Å².